The summed E-state index contributed by atoms with van der Waals surface area (Å²) in [5.41, 5.74) is 0. The summed E-state index contributed by atoms with van der Waals surface area (Å²) in [4.78, 5) is 0.225. The highest BCUT2D eigenvalue weighted by Crippen LogP contribution is 2.35. The second-order valence-electron chi connectivity index (χ2n) is 4.95. The Hall–Kier alpha value is -1.31. The van der Waals surface area contributed by atoms with Crippen molar-refractivity contribution in [3.8, 4) is 11.5 Å². The predicted octanol–water partition coefficient (Wildman–Crippen LogP) is 1.21. The normalized spacial score (nSPS) is 26.7. The molecule has 20 heavy (non-hydrogen) atoms. The first-order valence-electron chi connectivity index (χ1n) is 6.53. The monoisotopic (exact) mass is 299 g/mol. The molecule has 1 aromatic rings. The van der Waals surface area contributed by atoms with Crippen LogP contribution in [-0.4, -0.2) is 44.8 Å². The Morgan fingerprint density at radius 2 is 1.95 bits per heavy atom. The standard InChI is InChI=1S/C13H17NO5S/c1-9-10(2)17-6-5-14(9)20(15,16)11-3-4-12-13(7-11)19-8-18-12/h3-4,7,9-10H,5-6,8H2,1-2H3. The highest BCUT2D eigenvalue weighted by molar-refractivity contribution is 7.89. The summed E-state index contributed by atoms with van der Waals surface area (Å²) in [5, 5.41) is 0. The highest BCUT2D eigenvalue weighted by Gasteiger charge is 2.35. The number of rotatable bonds is 2. The lowest BCUT2D eigenvalue weighted by atomic mass is 10.2. The minimum Gasteiger partial charge on any atom is -0.454 e. The molecule has 1 fully saturated rings. The maximum atomic E-state index is 12.7. The molecule has 0 aliphatic carbocycles. The van der Waals surface area contributed by atoms with E-state index in [0.717, 1.165) is 0 Å². The van der Waals surface area contributed by atoms with Crippen LogP contribution < -0.4 is 9.47 Å². The van der Waals surface area contributed by atoms with Gasteiger partial charge < -0.3 is 14.2 Å². The van der Waals surface area contributed by atoms with Crippen LogP contribution in [0.15, 0.2) is 23.1 Å². The maximum Gasteiger partial charge on any atom is 0.243 e. The summed E-state index contributed by atoms with van der Waals surface area (Å²) in [6.07, 6.45) is -0.118. The van der Waals surface area contributed by atoms with Crippen molar-refractivity contribution in [1.29, 1.82) is 0 Å². The molecule has 6 nitrogen and oxygen atoms in total. The molecule has 2 aliphatic rings. The number of nitrogens with zero attached hydrogens (tertiary/aromatic N) is 1. The van der Waals surface area contributed by atoms with Gasteiger partial charge in [-0.25, -0.2) is 8.42 Å². The molecule has 2 aliphatic heterocycles. The van der Waals surface area contributed by atoms with Crippen molar-refractivity contribution in [3.63, 3.8) is 0 Å². The average molecular weight is 299 g/mol. The Kier molecular flexibility index (Phi) is 3.35. The summed E-state index contributed by atoms with van der Waals surface area (Å²) >= 11 is 0. The molecule has 0 spiro atoms. The molecule has 0 bridgehead atoms. The van der Waals surface area contributed by atoms with Gasteiger partial charge in [0, 0.05) is 18.7 Å². The van der Waals surface area contributed by atoms with E-state index in [4.69, 9.17) is 14.2 Å². The number of hydrogen-bond donors (Lipinski definition) is 0. The number of sulfonamides is 1. The van der Waals surface area contributed by atoms with Crippen LogP contribution in [0.25, 0.3) is 0 Å². The Bertz CT molecular complexity index is 615. The Morgan fingerprint density at radius 3 is 2.75 bits per heavy atom. The van der Waals surface area contributed by atoms with Crippen LogP contribution in [0.5, 0.6) is 11.5 Å². The van der Waals surface area contributed by atoms with E-state index >= 15 is 0 Å². The first kappa shape index (κ1) is 13.7. The fraction of sp³-hybridized carbons (Fsp3) is 0.538. The quantitative estimate of drug-likeness (QED) is 0.821. The fourth-order valence-corrected chi connectivity index (χ4v) is 4.11. The Morgan fingerprint density at radius 1 is 1.20 bits per heavy atom. The van der Waals surface area contributed by atoms with Crippen LogP contribution in [0.4, 0.5) is 0 Å². The van der Waals surface area contributed by atoms with Crippen molar-refractivity contribution >= 4 is 10.0 Å². The van der Waals surface area contributed by atoms with Gasteiger partial charge in [0.15, 0.2) is 11.5 Å². The molecule has 2 unspecified atom stereocenters. The molecule has 0 saturated carbocycles. The number of morpholine rings is 1. The van der Waals surface area contributed by atoms with Crippen LogP contribution in [0, 0.1) is 0 Å². The van der Waals surface area contributed by atoms with Gasteiger partial charge >= 0.3 is 0 Å². The van der Waals surface area contributed by atoms with Crippen molar-refractivity contribution in [1.82, 2.24) is 4.31 Å². The number of hydrogen-bond acceptors (Lipinski definition) is 5. The molecule has 0 N–H and O–H groups in total. The lowest BCUT2D eigenvalue weighted by Crippen LogP contribution is -2.51. The van der Waals surface area contributed by atoms with Gasteiger partial charge in [0.25, 0.3) is 0 Å². The summed E-state index contributed by atoms with van der Waals surface area (Å²) in [7, 11) is -3.55. The van der Waals surface area contributed by atoms with Crippen molar-refractivity contribution in [2.24, 2.45) is 0 Å². The molecule has 7 heteroatoms. The maximum absolute atomic E-state index is 12.7. The van der Waals surface area contributed by atoms with Crippen LogP contribution in [0.2, 0.25) is 0 Å². The number of ether oxygens (including phenoxy) is 3. The molecule has 1 saturated heterocycles. The van der Waals surface area contributed by atoms with E-state index < -0.39 is 10.0 Å². The van der Waals surface area contributed by atoms with Gasteiger partial charge in [0.05, 0.1) is 17.6 Å². The van der Waals surface area contributed by atoms with Crippen LogP contribution in [-0.2, 0) is 14.8 Å². The van der Waals surface area contributed by atoms with E-state index in [2.05, 4.69) is 0 Å². The average Bonchev–Trinajstić information content (AvgIpc) is 2.89. The van der Waals surface area contributed by atoms with Gasteiger partial charge in [0.1, 0.15) is 0 Å². The van der Waals surface area contributed by atoms with E-state index in [0.29, 0.717) is 24.7 Å². The van der Waals surface area contributed by atoms with Crippen LogP contribution in [0.3, 0.4) is 0 Å². The van der Waals surface area contributed by atoms with Gasteiger partial charge in [-0.15, -0.1) is 0 Å². The summed E-state index contributed by atoms with van der Waals surface area (Å²) in [6.45, 7) is 4.64. The number of benzene rings is 1. The molecular formula is C13H17NO5S. The molecule has 0 radical (unpaired) electrons. The van der Waals surface area contributed by atoms with E-state index in [1.165, 1.54) is 10.4 Å². The zero-order chi connectivity index (χ0) is 14.3. The summed E-state index contributed by atoms with van der Waals surface area (Å²) in [6, 6.07) is 4.50. The topological polar surface area (TPSA) is 65.1 Å². The predicted molar refractivity (Wildman–Crippen MR) is 71.3 cm³/mol. The van der Waals surface area contributed by atoms with Crippen molar-refractivity contribution in [3.05, 3.63) is 18.2 Å². The van der Waals surface area contributed by atoms with Gasteiger partial charge in [-0.1, -0.05) is 0 Å². The first-order valence-corrected chi connectivity index (χ1v) is 7.97. The zero-order valence-electron chi connectivity index (χ0n) is 11.4. The van der Waals surface area contributed by atoms with E-state index in [-0.39, 0.29) is 23.8 Å². The van der Waals surface area contributed by atoms with Gasteiger partial charge in [-0.05, 0) is 26.0 Å². The first-order chi connectivity index (χ1) is 9.50. The molecule has 1 aromatic carbocycles. The third-order valence-corrected chi connectivity index (χ3v) is 5.76. The molecule has 0 amide bonds. The Balaban J connectivity index is 1.95. The third kappa shape index (κ3) is 2.15. The lowest BCUT2D eigenvalue weighted by Gasteiger charge is -2.36. The second-order valence-corrected chi connectivity index (χ2v) is 6.84. The minimum absolute atomic E-state index is 0.118. The van der Waals surface area contributed by atoms with Gasteiger partial charge in [-0.3, -0.25) is 0 Å². The molecule has 110 valence electrons. The van der Waals surface area contributed by atoms with Crippen molar-refractivity contribution in [2.75, 3.05) is 19.9 Å². The van der Waals surface area contributed by atoms with E-state index in [1.807, 2.05) is 13.8 Å². The summed E-state index contributed by atoms with van der Waals surface area (Å²) < 4.78 is 42.8. The van der Waals surface area contributed by atoms with Crippen LogP contribution >= 0.6 is 0 Å². The third-order valence-electron chi connectivity index (χ3n) is 3.78. The SMILES string of the molecule is CC1OCCN(S(=O)(=O)c2ccc3c(c2)OCO3)C1C. The van der Waals surface area contributed by atoms with Gasteiger partial charge in [-0.2, -0.15) is 4.31 Å². The minimum atomic E-state index is -3.55. The van der Waals surface area contributed by atoms with E-state index in [9.17, 15) is 8.42 Å². The lowest BCUT2D eigenvalue weighted by molar-refractivity contribution is -0.0232. The number of fused-ring (bicyclic) bond motifs is 1. The molecule has 0 aromatic heterocycles. The van der Waals surface area contributed by atoms with Gasteiger partial charge in [0.2, 0.25) is 16.8 Å². The smallest absolute Gasteiger partial charge is 0.243 e. The van der Waals surface area contributed by atoms with Crippen molar-refractivity contribution in [2.45, 2.75) is 30.9 Å². The van der Waals surface area contributed by atoms with E-state index in [1.54, 1.807) is 12.1 Å². The molecule has 2 heterocycles. The van der Waals surface area contributed by atoms with Crippen LogP contribution in [0.1, 0.15) is 13.8 Å². The fourth-order valence-electron chi connectivity index (χ4n) is 2.42. The summed E-state index contributed by atoms with van der Waals surface area (Å²) in [5.74, 6) is 1.05. The Labute approximate surface area is 118 Å². The molecule has 2 atom stereocenters. The van der Waals surface area contributed by atoms with Crippen molar-refractivity contribution < 1.29 is 22.6 Å². The second kappa shape index (κ2) is 4.91. The largest absolute Gasteiger partial charge is 0.454 e. The molecule has 3 rings (SSSR count). The zero-order valence-corrected chi connectivity index (χ0v) is 12.2. The highest BCUT2D eigenvalue weighted by atomic mass is 32.2. The molecular weight excluding hydrogens is 282 g/mol.